The molecule has 0 radical (unpaired) electrons. The number of carbonyl (C=O) groups excluding carboxylic acids is 2. The van der Waals surface area contributed by atoms with Gasteiger partial charge in [0.25, 0.3) is 11.6 Å². The van der Waals surface area contributed by atoms with Gasteiger partial charge in [0, 0.05) is 30.8 Å². The molecule has 0 fully saturated rings. The van der Waals surface area contributed by atoms with Crippen molar-refractivity contribution in [3.63, 3.8) is 0 Å². The Kier molecular flexibility index (Phi) is 6.66. The standard InChI is InChI=1S/C19H17N5O6/c25-16(12-29-15-7-2-1-3-8-15)20-9-10-21-18(26)19-22-17(23-30-19)13-5-4-6-14(11-13)24(27)28/h1-8,11H,9-10,12H2,(H,20,25)(H,21,26). The van der Waals surface area contributed by atoms with E-state index in [0.717, 1.165) is 0 Å². The molecule has 30 heavy (non-hydrogen) atoms. The number of non-ortho nitro benzene ring substituents is 1. The Bertz CT molecular complexity index is 1040. The highest BCUT2D eigenvalue weighted by atomic mass is 16.6. The predicted molar refractivity (Wildman–Crippen MR) is 104 cm³/mol. The number of nitrogens with one attached hydrogen (secondary N) is 2. The van der Waals surface area contributed by atoms with Crippen LogP contribution in [0.2, 0.25) is 0 Å². The van der Waals surface area contributed by atoms with Crippen molar-refractivity contribution in [2.75, 3.05) is 19.7 Å². The van der Waals surface area contributed by atoms with Gasteiger partial charge in [0.05, 0.1) is 4.92 Å². The molecule has 0 bridgehead atoms. The summed E-state index contributed by atoms with van der Waals surface area (Å²) in [6.07, 6.45) is 0. The molecule has 3 aromatic rings. The van der Waals surface area contributed by atoms with E-state index < -0.39 is 10.8 Å². The number of ether oxygens (including phenoxy) is 1. The van der Waals surface area contributed by atoms with Crippen LogP contribution in [0, 0.1) is 10.1 Å². The third-order valence-electron chi connectivity index (χ3n) is 3.78. The predicted octanol–water partition coefficient (Wildman–Crippen LogP) is 1.57. The number of hydrogen-bond donors (Lipinski definition) is 2. The number of nitro groups is 1. The maximum atomic E-state index is 12.1. The van der Waals surface area contributed by atoms with Crippen molar-refractivity contribution < 1.29 is 23.8 Å². The fourth-order valence-corrected chi connectivity index (χ4v) is 2.36. The molecule has 0 aliphatic heterocycles. The lowest BCUT2D eigenvalue weighted by atomic mass is 10.2. The summed E-state index contributed by atoms with van der Waals surface area (Å²) in [5.74, 6) is -0.629. The molecule has 154 valence electrons. The van der Waals surface area contributed by atoms with Gasteiger partial charge >= 0.3 is 11.8 Å². The molecule has 0 saturated heterocycles. The maximum absolute atomic E-state index is 12.1. The zero-order valence-electron chi connectivity index (χ0n) is 15.6. The largest absolute Gasteiger partial charge is 0.484 e. The summed E-state index contributed by atoms with van der Waals surface area (Å²) in [7, 11) is 0. The summed E-state index contributed by atoms with van der Waals surface area (Å²) < 4.78 is 10.2. The summed E-state index contributed by atoms with van der Waals surface area (Å²) in [6, 6.07) is 14.6. The zero-order chi connectivity index (χ0) is 21.3. The van der Waals surface area contributed by atoms with Crippen LogP contribution in [0.25, 0.3) is 11.4 Å². The molecule has 0 spiro atoms. The number of para-hydroxylation sites is 1. The van der Waals surface area contributed by atoms with Gasteiger partial charge in [-0.2, -0.15) is 4.98 Å². The van der Waals surface area contributed by atoms with E-state index in [4.69, 9.17) is 9.26 Å². The fourth-order valence-electron chi connectivity index (χ4n) is 2.36. The van der Waals surface area contributed by atoms with Crippen LogP contribution >= 0.6 is 0 Å². The van der Waals surface area contributed by atoms with Crippen molar-refractivity contribution in [2.24, 2.45) is 0 Å². The normalized spacial score (nSPS) is 10.3. The molecule has 2 amide bonds. The second kappa shape index (κ2) is 9.78. The average Bonchev–Trinajstić information content (AvgIpc) is 3.26. The number of nitrogens with zero attached hydrogens (tertiary/aromatic N) is 3. The van der Waals surface area contributed by atoms with E-state index in [2.05, 4.69) is 20.8 Å². The highest BCUT2D eigenvalue weighted by Crippen LogP contribution is 2.21. The van der Waals surface area contributed by atoms with Crippen molar-refractivity contribution in [3.8, 4) is 17.1 Å². The van der Waals surface area contributed by atoms with Crippen LogP contribution in [0.15, 0.2) is 59.1 Å². The van der Waals surface area contributed by atoms with Crippen molar-refractivity contribution in [3.05, 3.63) is 70.6 Å². The number of carbonyl (C=O) groups is 2. The Balaban J connectivity index is 1.43. The summed E-state index contributed by atoms with van der Waals surface area (Å²) in [6.45, 7) is 0.160. The first-order valence-electron chi connectivity index (χ1n) is 8.84. The third-order valence-corrected chi connectivity index (χ3v) is 3.78. The Hall–Kier alpha value is -4.28. The van der Waals surface area contributed by atoms with Gasteiger partial charge in [-0.1, -0.05) is 35.5 Å². The van der Waals surface area contributed by atoms with Gasteiger partial charge in [-0.15, -0.1) is 0 Å². The number of hydrogen-bond acceptors (Lipinski definition) is 8. The first-order valence-corrected chi connectivity index (χ1v) is 8.84. The molecule has 1 aromatic heterocycles. The van der Waals surface area contributed by atoms with Gasteiger partial charge in [0.1, 0.15) is 5.75 Å². The van der Waals surface area contributed by atoms with Crippen LogP contribution in [0.4, 0.5) is 5.69 Å². The summed E-state index contributed by atoms with van der Waals surface area (Å²) in [5.41, 5.74) is 0.216. The lowest BCUT2D eigenvalue weighted by Gasteiger charge is -2.07. The molecule has 0 aliphatic carbocycles. The molecule has 0 saturated carbocycles. The minimum atomic E-state index is -0.631. The lowest BCUT2D eigenvalue weighted by molar-refractivity contribution is -0.384. The Morgan fingerprint density at radius 3 is 2.60 bits per heavy atom. The van der Waals surface area contributed by atoms with E-state index in [1.165, 1.54) is 18.2 Å². The van der Waals surface area contributed by atoms with Crippen LogP contribution in [0.1, 0.15) is 10.7 Å². The van der Waals surface area contributed by atoms with Crippen LogP contribution in [0.5, 0.6) is 5.75 Å². The number of rotatable bonds is 9. The monoisotopic (exact) mass is 411 g/mol. The molecular weight excluding hydrogens is 394 g/mol. The minimum Gasteiger partial charge on any atom is -0.484 e. The van der Waals surface area contributed by atoms with Crippen molar-refractivity contribution >= 4 is 17.5 Å². The Morgan fingerprint density at radius 1 is 1.07 bits per heavy atom. The second-order valence-corrected chi connectivity index (χ2v) is 5.94. The van der Waals surface area contributed by atoms with Crippen molar-refractivity contribution in [2.45, 2.75) is 0 Å². The number of nitro benzene ring substituents is 1. The molecule has 0 atom stereocenters. The van der Waals surface area contributed by atoms with Crippen LogP contribution in [0.3, 0.4) is 0 Å². The lowest BCUT2D eigenvalue weighted by Crippen LogP contribution is -2.36. The quantitative estimate of drug-likeness (QED) is 0.306. The van der Waals surface area contributed by atoms with E-state index >= 15 is 0 Å². The van der Waals surface area contributed by atoms with E-state index in [1.54, 1.807) is 30.3 Å². The zero-order valence-corrected chi connectivity index (χ0v) is 15.6. The fraction of sp³-hybridized carbons (Fsp3) is 0.158. The van der Waals surface area contributed by atoms with Crippen molar-refractivity contribution in [1.82, 2.24) is 20.8 Å². The molecule has 11 nitrogen and oxygen atoms in total. The van der Waals surface area contributed by atoms with E-state index in [0.29, 0.717) is 11.3 Å². The SMILES string of the molecule is O=C(COc1ccccc1)NCCNC(=O)c1nc(-c2cccc([N+](=O)[O-])c2)no1. The van der Waals surface area contributed by atoms with Gasteiger partial charge in [0.15, 0.2) is 6.61 Å². The molecule has 2 N–H and O–H groups in total. The number of aromatic nitrogens is 2. The second-order valence-electron chi connectivity index (χ2n) is 5.94. The van der Waals surface area contributed by atoms with Gasteiger partial charge in [-0.25, -0.2) is 0 Å². The van der Waals surface area contributed by atoms with E-state index in [9.17, 15) is 19.7 Å². The molecule has 1 heterocycles. The number of amides is 2. The number of benzene rings is 2. The smallest absolute Gasteiger partial charge is 0.316 e. The van der Waals surface area contributed by atoms with Crippen LogP contribution in [-0.4, -0.2) is 46.6 Å². The first kappa shape index (κ1) is 20.5. The van der Waals surface area contributed by atoms with Crippen LogP contribution < -0.4 is 15.4 Å². The third kappa shape index (κ3) is 5.61. The molecule has 11 heteroatoms. The highest BCUT2D eigenvalue weighted by Gasteiger charge is 2.17. The first-order chi connectivity index (χ1) is 14.5. The molecular formula is C19H17N5O6. The molecule has 2 aromatic carbocycles. The highest BCUT2D eigenvalue weighted by molar-refractivity contribution is 5.90. The van der Waals surface area contributed by atoms with Gasteiger partial charge < -0.3 is 19.9 Å². The topological polar surface area (TPSA) is 149 Å². The molecule has 3 rings (SSSR count). The maximum Gasteiger partial charge on any atom is 0.316 e. The van der Waals surface area contributed by atoms with E-state index in [-0.39, 0.29) is 43.0 Å². The average molecular weight is 411 g/mol. The van der Waals surface area contributed by atoms with Crippen molar-refractivity contribution in [1.29, 1.82) is 0 Å². The van der Waals surface area contributed by atoms with Gasteiger partial charge in [-0.05, 0) is 12.1 Å². The summed E-state index contributed by atoms with van der Waals surface area (Å²) >= 11 is 0. The van der Waals surface area contributed by atoms with Crippen LogP contribution in [-0.2, 0) is 4.79 Å². The molecule has 0 unspecified atom stereocenters. The molecule has 0 aliphatic rings. The van der Waals surface area contributed by atoms with Gasteiger partial charge in [-0.3, -0.25) is 19.7 Å². The Labute approximate surface area is 170 Å². The summed E-state index contributed by atoms with van der Waals surface area (Å²) in [4.78, 5) is 38.0. The minimum absolute atomic E-state index is 0.0511. The Morgan fingerprint density at radius 2 is 1.83 bits per heavy atom. The van der Waals surface area contributed by atoms with Gasteiger partial charge in [0.2, 0.25) is 5.82 Å². The van der Waals surface area contributed by atoms with E-state index in [1.807, 2.05) is 6.07 Å². The summed E-state index contributed by atoms with van der Waals surface area (Å²) in [5, 5.41) is 19.6.